The molecule has 1 N–H and O–H groups in total. The number of hydrogen-bond acceptors (Lipinski definition) is 5. The summed E-state index contributed by atoms with van der Waals surface area (Å²) in [5.74, 6) is -0.378. The molecule has 0 spiro atoms. The molecule has 1 aromatic rings. The summed E-state index contributed by atoms with van der Waals surface area (Å²) in [4.78, 5) is 28.5. The van der Waals surface area contributed by atoms with Crippen molar-refractivity contribution in [2.24, 2.45) is 0 Å². The van der Waals surface area contributed by atoms with E-state index in [1.807, 2.05) is 0 Å². The number of carbonyl (C=O) groups is 2. The maximum atomic E-state index is 12.8. The van der Waals surface area contributed by atoms with Crippen LogP contribution < -0.4 is 4.72 Å². The summed E-state index contributed by atoms with van der Waals surface area (Å²) in [6, 6.07) is 4.03. The lowest BCUT2D eigenvalue weighted by molar-refractivity contribution is -0.142. The zero-order chi connectivity index (χ0) is 19.6. The molecular formula is C17H22ClN3O5S. The van der Waals surface area contributed by atoms with Crippen LogP contribution in [0.2, 0.25) is 5.02 Å². The first-order valence-corrected chi connectivity index (χ1v) is 10.6. The molecule has 10 heteroatoms. The Morgan fingerprint density at radius 1 is 1.19 bits per heavy atom. The van der Waals surface area contributed by atoms with E-state index in [1.165, 1.54) is 25.2 Å². The lowest BCUT2D eigenvalue weighted by atomic mass is 10.1. The molecule has 0 bridgehead atoms. The van der Waals surface area contributed by atoms with E-state index in [2.05, 4.69) is 4.72 Å². The van der Waals surface area contributed by atoms with Crippen LogP contribution in [0.3, 0.4) is 0 Å². The molecule has 0 saturated carbocycles. The van der Waals surface area contributed by atoms with E-state index < -0.39 is 10.0 Å². The number of benzene rings is 1. The standard InChI is InChI=1S/C17H22ClN3O5S/c1-19-27(24,25)12-4-5-14(18)13(11-12)16(22)20-6-8-21(9-7-20)17(23)15-3-2-10-26-15/h4-5,11,15,19H,2-3,6-10H2,1H3. The van der Waals surface area contributed by atoms with Gasteiger partial charge in [-0.25, -0.2) is 13.1 Å². The fourth-order valence-electron chi connectivity index (χ4n) is 3.23. The number of halogens is 1. The number of ether oxygens (including phenoxy) is 1. The topological polar surface area (TPSA) is 96.0 Å². The van der Waals surface area contributed by atoms with Gasteiger partial charge in [0.1, 0.15) is 6.10 Å². The third-order valence-corrected chi connectivity index (χ3v) is 6.57. The van der Waals surface area contributed by atoms with Crippen LogP contribution in [-0.2, 0) is 19.6 Å². The molecule has 27 heavy (non-hydrogen) atoms. The quantitative estimate of drug-likeness (QED) is 0.781. The van der Waals surface area contributed by atoms with Gasteiger partial charge in [-0.1, -0.05) is 11.6 Å². The number of carbonyl (C=O) groups excluding carboxylic acids is 2. The summed E-state index contributed by atoms with van der Waals surface area (Å²) in [6.45, 7) is 2.15. The molecule has 1 aromatic carbocycles. The van der Waals surface area contributed by atoms with Gasteiger partial charge in [0.05, 0.1) is 15.5 Å². The minimum absolute atomic E-state index is 0.0232. The fourth-order valence-corrected chi connectivity index (χ4v) is 4.18. The van der Waals surface area contributed by atoms with Crippen LogP contribution in [0.15, 0.2) is 23.1 Å². The highest BCUT2D eigenvalue weighted by atomic mass is 35.5. The second-order valence-electron chi connectivity index (χ2n) is 6.47. The Hall–Kier alpha value is -1.68. The van der Waals surface area contributed by atoms with Crippen LogP contribution >= 0.6 is 11.6 Å². The number of sulfonamides is 1. The van der Waals surface area contributed by atoms with Crippen molar-refractivity contribution in [3.05, 3.63) is 28.8 Å². The molecule has 2 aliphatic heterocycles. The first kappa shape index (κ1) is 20.1. The van der Waals surface area contributed by atoms with E-state index in [0.717, 1.165) is 12.8 Å². The Morgan fingerprint density at radius 3 is 2.44 bits per heavy atom. The lowest BCUT2D eigenvalue weighted by Crippen LogP contribution is -2.52. The van der Waals surface area contributed by atoms with Crippen LogP contribution in [0.5, 0.6) is 0 Å². The number of nitrogens with zero attached hydrogens (tertiary/aromatic N) is 2. The van der Waals surface area contributed by atoms with Crippen molar-refractivity contribution in [3.63, 3.8) is 0 Å². The van der Waals surface area contributed by atoms with Crippen LogP contribution in [0.4, 0.5) is 0 Å². The average molecular weight is 416 g/mol. The molecule has 0 radical (unpaired) electrons. The van der Waals surface area contributed by atoms with Crippen molar-refractivity contribution < 1.29 is 22.7 Å². The normalized spacial score (nSPS) is 20.7. The van der Waals surface area contributed by atoms with Gasteiger partial charge < -0.3 is 14.5 Å². The second-order valence-corrected chi connectivity index (χ2v) is 8.76. The minimum Gasteiger partial charge on any atom is -0.368 e. The molecule has 2 saturated heterocycles. The van der Waals surface area contributed by atoms with Gasteiger partial charge in [0.25, 0.3) is 11.8 Å². The molecule has 2 aliphatic rings. The van der Waals surface area contributed by atoms with Crippen LogP contribution in [0.25, 0.3) is 0 Å². The van der Waals surface area contributed by atoms with Crippen molar-refractivity contribution in [1.82, 2.24) is 14.5 Å². The van der Waals surface area contributed by atoms with E-state index >= 15 is 0 Å². The second kappa shape index (κ2) is 8.14. The third kappa shape index (κ3) is 4.26. The van der Waals surface area contributed by atoms with Crippen molar-refractivity contribution in [2.45, 2.75) is 23.8 Å². The van der Waals surface area contributed by atoms with E-state index in [0.29, 0.717) is 32.8 Å². The van der Waals surface area contributed by atoms with Crippen LogP contribution in [0.1, 0.15) is 23.2 Å². The van der Waals surface area contributed by atoms with E-state index in [9.17, 15) is 18.0 Å². The predicted molar refractivity (Wildman–Crippen MR) is 99.2 cm³/mol. The van der Waals surface area contributed by atoms with Crippen molar-refractivity contribution in [3.8, 4) is 0 Å². The van der Waals surface area contributed by atoms with E-state index in [4.69, 9.17) is 16.3 Å². The Balaban J connectivity index is 1.69. The average Bonchev–Trinajstić information content (AvgIpc) is 3.22. The fraction of sp³-hybridized carbons (Fsp3) is 0.529. The van der Waals surface area contributed by atoms with E-state index in [-0.39, 0.29) is 33.4 Å². The Labute approximate surface area is 163 Å². The number of hydrogen-bond donors (Lipinski definition) is 1. The highest BCUT2D eigenvalue weighted by molar-refractivity contribution is 7.89. The maximum Gasteiger partial charge on any atom is 0.255 e. The van der Waals surface area contributed by atoms with Crippen LogP contribution in [0, 0.1) is 0 Å². The van der Waals surface area contributed by atoms with Crippen molar-refractivity contribution in [1.29, 1.82) is 0 Å². The molecule has 2 fully saturated rings. The molecule has 2 heterocycles. The summed E-state index contributed by atoms with van der Waals surface area (Å²) in [6.07, 6.45) is 1.25. The SMILES string of the molecule is CNS(=O)(=O)c1ccc(Cl)c(C(=O)N2CCN(C(=O)C3CCCO3)CC2)c1. The zero-order valence-corrected chi connectivity index (χ0v) is 16.6. The van der Waals surface area contributed by atoms with Gasteiger partial charge in [-0.3, -0.25) is 9.59 Å². The smallest absolute Gasteiger partial charge is 0.255 e. The van der Waals surface area contributed by atoms with Crippen LogP contribution in [-0.4, -0.2) is 76.0 Å². The largest absolute Gasteiger partial charge is 0.368 e. The third-order valence-electron chi connectivity index (χ3n) is 4.83. The molecule has 1 unspecified atom stereocenters. The lowest BCUT2D eigenvalue weighted by Gasteiger charge is -2.36. The Morgan fingerprint density at radius 2 is 1.85 bits per heavy atom. The number of amides is 2. The Bertz CT molecular complexity index is 831. The van der Waals surface area contributed by atoms with E-state index in [1.54, 1.807) is 9.80 Å². The summed E-state index contributed by atoms with van der Waals surface area (Å²) in [5.41, 5.74) is 0.131. The molecule has 8 nitrogen and oxygen atoms in total. The van der Waals surface area contributed by atoms with Gasteiger partial charge in [0.2, 0.25) is 10.0 Å². The monoisotopic (exact) mass is 415 g/mol. The van der Waals surface area contributed by atoms with Crippen molar-refractivity contribution >= 4 is 33.4 Å². The summed E-state index contributed by atoms with van der Waals surface area (Å²) >= 11 is 6.13. The number of piperazine rings is 1. The number of nitrogens with one attached hydrogen (secondary N) is 1. The van der Waals surface area contributed by atoms with Gasteiger partial charge in [-0.05, 0) is 38.1 Å². The molecular weight excluding hydrogens is 394 g/mol. The predicted octanol–water partition coefficient (Wildman–Crippen LogP) is 0.711. The number of rotatable bonds is 4. The Kier molecular flexibility index (Phi) is 6.05. The summed E-state index contributed by atoms with van der Waals surface area (Å²) < 4.78 is 31.6. The molecule has 0 aliphatic carbocycles. The van der Waals surface area contributed by atoms with Gasteiger partial charge in [-0.2, -0.15) is 0 Å². The van der Waals surface area contributed by atoms with Gasteiger partial charge >= 0.3 is 0 Å². The summed E-state index contributed by atoms with van der Waals surface area (Å²) in [7, 11) is -2.38. The minimum atomic E-state index is -3.68. The molecule has 2 amide bonds. The molecule has 148 valence electrons. The highest BCUT2D eigenvalue weighted by Gasteiger charge is 2.32. The zero-order valence-electron chi connectivity index (χ0n) is 15.0. The molecule has 3 rings (SSSR count). The van der Waals surface area contributed by atoms with Crippen molar-refractivity contribution in [2.75, 3.05) is 39.8 Å². The van der Waals surface area contributed by atoms with Gasteiger partial charge in [-0.15, -0.1) is 0 Å². The van der Waals surface area contributed by atoms with Gasteiger partial charge in [0.15, 0.2) is 0 Å². The highest BCUT2D eigenvalue weighted by Crippen LogP contribution is 2.23. The molecule has 1 atom stereocenters. The maximum absolute atomic E-state index is 12.8. The van der Waals surface area contributed by atoms with Gasteiger partial charge in [0, 0.05) is 32.8 Å². The first-order chi connectivity index (χ1) is 12.8. The molecule has 0 aromatic heterocycles. The first-order valence-electron chi connectivity index (χ1n) is 8.76. The summed E-state index contributed by atoms with van der Waals surface area (Å²) in [5, 5.41) is 0.188.